The molecular weight excluding hydrogens is 366 g/mol. The third-order valence-electron chi connectivity index (χ3n) is 5.24. The minimum absolute atomic E-state index is 0.0648. The van der Waals surface area contributed by atoms with E-state index < -0.39 is 0 Å². The summed E-state index contributed by atoms with van der Waals surface area (Å²) in [6, 6.07) is 17.4. The van der Waals surface area contributed by atoms with Crippen LogP contribution >= 0.6 is 0 Å². The van der Waals surface area contributed by atoms with Crippen molar-refractivity contribution in [3.8, 4) is 11.4 Å². The number of H-pyrrole nitrogens is 1. The number of aryl methyl sites for hydroxylation is 1. The largest absolute Gasteiger partial charge is 0.494 e. The molecule has 1 N–H and O–H groups in total. The van der Waals surface area contributed by atoms with E-state index in [2.05, 4.69) is 5.10 Å². The maximum absolute atomic E-state index is 12.8. The molecule has 150 valence electrons. The molecule has 0 unspecified atom stereocenters. The van der Waals surface area contributed by atoms with Crippen molar-refractivity contribution in [1.29, 1.82) is 0 Å². The Balaban J connectivity index is 1.33. The molecule has 3 aromatic rings. The van der Waals surface area contributed by atoms with Crippen LogP contribution in [0.1, 0.15) is 29.7 Å². The maximum atomic E-state index is 12.8. The van der Waals surface area contributed by atoms with Crippen molar-refractivity contribution in [3.63, 3.8) is 0 Å². The van der Waals surface area contributed by atoms with Crippen LogP contribution in [0, 0.1) is 6.92 Å². The van der Waals surface area contributed by atoms with Crippen molar-refractivity contribution in [2.45, 2.75) is 32.7 Å². The highest BCUT2D eigenvalue weighted by molar-refractivity contribution is 5.76. The minimum atomic E-state index is -0.0774. The summed E-state index contributed by atoms with van der Waals surface area (Å²) in [5.74, 6) is 0.884. The van der Waals surface area contributed by atoms with Gasteiger partial charge in [-0.3, -0.25) is 14.7 Å². The lowest BCUT2D eigenvalue weighted by Crippen LogP contribution is -2.37. The van der Waals surface area contributed by atoms with Gasteiger partial charge < -0.3 is 9.64 Å². The number of nitrogens with zero attached hydrogens (tertiary/aromatic N) is 2. The number of rotatable bonds is 6. The molecule has 0 aliphatic carbocycles. The van der Waals surface area contributed by atoms with Crippen molar-refractivity contribution >= 4 is 5.91 Å². The molecule has 0 spiro atoms. The number of para-hydroxylation sites is 1. The van der Waals surface area contributed by atoms with Gasteiger partial charge in [-0.25, -0.2) is 4.68 Å². The molecule has 0 fully saturated rings. The quantitative estimate of drug-likeness (QED) is 0.656. The number of aromatic nitrogens is 2. The first-order valence-electron chi connectivity index (χ1n) is 9.97. The number of aromatic amines is 1. The topological polar surface area (TPSA) is 67.3 Å². The second-order valence-corrected chi connectivity index (χ2v) is 7.38. The predicted molar refractivity (Wildman–Crippen MR) is 111 cm³/mol. The highest BCUT2D eigenvalue weighted by atomic mass is 16.5. The number of amides is 1. The van der Waals surface area contributed by atoms with Crippen molar-refractivity contribution in [2.75, 3.05) is 13.2 Å². The highest BCUT2D eigenvalue weighted by Crippen LogP contribution is 2.17. The van der Waals surface area contributed by atoms with Crippen molar-refractivity contribution in [2.24, 2.45) is 0 Å². The first kappa shape index (κ1) is 19.1. The molecule has 0 saturated heterocycles. The zero-order valence-electron chi connectivity index (χ0n) is 16.6. The van der Waals surface area contributed by atoms with Gasteiger partial charge in [0.1, 0.15) is 5.75 Å². The summed E-state index contributed by atoms with van der Waals surface area (Å²) in [5.41, 5.74) is 3.52. The Morgan fingerprint density at radius 2 is 1.86 bits per heavy atom. The van der Waals surface area contributed by atoms with E-state index >= 15 is 0 Å². The minimum Gasteiger partial charge on any atom is -0.494 e. The van der Waals surface area contributed by atoms with Crippen LogP contribution in [0.3, 0.4) is 0 Å². The van der Waals surface area contributed by atoms with Crippen LogP contribution < -0.4 is 10.3 Å². The van der Waals surface area contributed by atoms with Crippen LogP contribution in [0.5, 0.6) is 5.75 Å². The molecule has 0 radical (unpaired) electrons. The number of carbonyl (C=O) groups is 1. The number of ether oxygens (including phenoxy) is 1. The van der Waals surface area contributed by atoms with Crippen molar-refractivity contribution < 1.29 is 9.53 Å². The third-order valence-corrected chi connectivity index (χ3v) is 5.24. The standard InChI is InChI=1S/C23H25N3O3/c1-17-9-11-19(12-10-17)29-15-5-8-22(27)25-14-13-21-20(16-25)23(28)26(24-21)18-6-3-2-4-7-18/h2-4,6-7,9-12,24H,5,8,13-16H2,1H3. The SMILES string of the molecule is Cc1ccc(OCCCC(=O)N2CCc3[nH]n(-c4ccccc4)c(=O)c3C2)cc1. The second kappa shape index (κ2) is 8.39. The maximum Gasteiger partial charge on any atom is 0.276 e. The Hall–Kier alpha value is -3.28. The summed E-state index contributed by atoms with van der Waals surface area (Å²) in [5, 5.41) is 3.20. The Kier molecular flexibility index (Phi) is 5.51. The Morgan fingerprint density at radius 3 is 2.62 bits per heavy atom. The lowest BCUT2D eigenvalue weighted by molar-refractivity contribution is -0.132. The molecule has 2 heterocycles. The summed E-state index contributed by atoms with van der Waals surface area (Å²) < 4.78 is 7.26. The molecule has 2 aromatic carbocycles. The van der Waals surface area contributed by atoms with Gasteiger partial charge in [0.05, 0.1) is 24.4 Å². The van der Waals surface area contributed by atoms with E-state index in [0.29, 0.717) is 44.5 Å². The fraction of sp³-hybridized carbons (Fsp3) is 0.304. The molecule has 6 nitrogen and oxygen atoms in total. The van der Waals surface area contributed by atoms with Gasteiger partial charge in [0, 0.05) is 25.1 Å². The number of benzene rings is 2. The van der Waals surface area contributed by atoms with Crippen LogP contribution in [0.2, 0.25) is 0 Å². The van der Waals surface area contributed by atoms with Crippen LogP contribution in [-0.2, 0) is 17.8 Å². The normalized spacial score (nSPS) is 13.2. The lowest BCUT2D eigenvalue weighted by atomic mass is 10.1. The molecule has 0 atom stereocenters. The zero-order valence-corrected chi connectivity index (χ0v) is 16.6. The smallest absolute Gasteiger partial charge is 0.276 e. The molecule has 6 heteroatoms. The fourth-order valence-corrected chi connectivity index (χ4v) is 3.58. The molecule has 1 aromatic heterocycles. The lowest BCUT2D eigenvalue weighted by Gasteiger charge is -2.26. The summed E-state index contributed by atoms with van der Waals surface area (Å²) in [7, 11) is 0. The predicted octanol–water partition coefficient (Wildman–Crippen LogP) is 3.22. The summed E-state index contributed by atoms with van der Waals surface area (Å²) >= 11 is 0. The van der Waals surface area contributed by atoms with Gasteiger partial charge in [-0.05, 0) is 37.6 Å². The van der Waals surface area contributed by atoms with Crippen LogP contribution in [-0.4, -0.2) is 33.7 Å². The molecule has 0 saturated carbocycles. The van der Waals surface area contributed by atoms with E-state index in [1.165, 1.54) is 5.56 Å². The highest BCUT2D eigenvalue weighted by Gasteiger charge is 2.25. The van der Waals surface area contributed by atoms with E-state index in [-0.39, 0.29) is 11.5 Å². The molecule has 1 aliphatic rings. The van der Waals surface area contributed by atoms with Gasteiger partial charge in [-0.1, -0.05) is 35.9 Å². The third kappa shape index (κ3) is 4.26. The average Bonchev–Trinajstić information content (AvgIpc) is 3.09. The van der Waals surface area contributed by atoms with Gasteiger partial charge in [0.25, 0.3) is 5.56 Å². The van der Waals surface area contributed by atoms with Gasteiger partial charge in [-0.15, -0.1) is 0 Å². The van der Waals surface area contributed by atoms with Crippen LogP contribution in [0.4, 0.5) is 0 Å². The molecule has 0 bridgehead atoms. The zero-order chi connectivity index (χ0) is 20.2. The summed E-state index contributed by atoms with van der Waals surface area (Å²) in [6.45, 7) is 3.52. The summed E-state index contributed by atoms with van der Waals surface area (Å²) in [4.78, 5) is 27.2. The summed E-state index contributed by atoms with van der Waals surface area (Å²) in [6.07, 6.45) is 1.73. The van der Waals surface area contributed by atoms with E-state index in [4.69, 9.17) is 4.74 Å². The van der Waals surface area contributed by atoms with Crippen LogP contribution in [0.25, 0.3) is 5.69 Å². The fourth-order valence-electron chi connectivity index (χ4n) is 3.58. The number of fused-ring (bicyclic) bond motifs is 1. The van der Waals surface area contributed by atoms with Crippen LogP contribution in [0.15, 0.2) is 59.4 Å². The molecule has 29 heavy (non-hydrogen) atoms. The van der Waals surface area contributed by atoms with Gasteiger partial charge in [-0.2, -0.15) is 0 Å². The van der Waals surface area contributed by atoms with E-state index in [1.807, 2.05) is 61.5 Å². The van der Waals surface area contributed by atoms with Crippen molar-refractivity contribution in [1.82, 2.24) is 14.7 Å². The monoisotopic (exact) mass is 391 g/mol. The van der Waals surface area contributed by atoms with E-state index in [9.17, 15) is 9.59 Å². The Labute approximate surface area is 169 Å². The van der Waals surface area contributed by atoms with E-state index in [0.717, 1.165) is 17.1 Å². The van der Waals surface area contributed by atoms with Crippen molar-refractivity contribution in [3.05, 3.63) is 81.8 Å². The second-order valence-electron chi connectivity index (χ2n) is 7.38. The number of carbonyl (C=O) groups excluding carboxylic acids is 1. The molecule has 4 rings (SSSR count). The van der Waals surface area contributed by atoms with Gasteiger partial charge >= 0.3 is 0 Å². The first-order chi connectivity index (χ1) is 14.1. The Bertz CT molecular complexity index is 1040. The number of hydrogen-bond donors (Lipinski definition) is 1. The molecular formula is C23H25N3O3. The van der Waals surface area contributed by atoms with Gasteiger partial charge in [0.2, 0.25) is 5.91 Å². The number of nitrogens with one attached hydrogen (secondary N) is 1. The molecule has 1 aliphatic heterocycles. The van der Waals surface area contributed by atoms with E-state index in [1.54, 1.807) is 9.58 Å². The Morgan fingerprint density at radius 1 is 1.10 bits per heavy atom. The number of hydrogen-bond acceptors (Lipinski definition) is 3. The van der Waals surface area contributed by atoms with Gasteiger partial charge in [0.15, 0.2) is 0 Å². The first-order valence-corrected chi connectivity index (χ1v) is 9.97. The average molecular weight is 391 g/mol. The molecule has 1 amide bonds.